The smallest absolute Gasteiger partial charge is 0.410 e. The summed E-state index contributed by atoms with van der Waals surface area (Å²) in [5, 5.41) is 10.5. The molecule has 3 atom stereocenters. The average Bonchev–Trinajstić information content (AvgIpc) is 2.61. The Hall–Kier alpha value is -0.770. The van der Waals surface area contributed by atoms with E-state index in [2.05, 4.69) is 6.92 Å². The van der Waals surface area contributed by atoms with Gasteiger partial charge in [-0.3, -0.25) is 0 Å². The van der Waals surface area contributed by atoms with Gasteiger partial charge >= 0.3 is 6.09 Å². The van der Waals surface area contributed by atoms with Crippen LogP contribution >= 0.6 is 0 Å². The molecule has 0 spiro atoms. The number of carbonyl (C=O) groups is 1. The lowest BCUT2D eigenvalue weighted by molar-refractivity contribution is -0.0331. The molecule has 0 aromatic heterocycles. The van der Waals surface area contributed by atoms with Gasteiger partial charge in [0.1, 0.15) is 5.60 Å². The predicted molar refractivity (Wildman–Crippen MR) is 69.3 cm³/mol. The van der Waals surface area contributed by atoms with Crippen molar-refractivity contribution in [1.82, 2.24) is 4.90 Å². The van der Waals surface area contributed by atoms with Crippen LogP contribution in [0.3, 0.4) is 0 Å². The molecular formula is C14H25NO3. The third-order valence-corrected chi connectivity index (χ3v) is 4.31. The highest BCUT2D eigenvalue weighted by molar-refractivity contribution is 5.69. The molecule has 1 aliphatic heterocycles. The monoisotopic (exact) mass is 255 g/mol. The second-order valence-corrected chi connectivity index (χ2v) is 7.34. The summed E-state index contributed by atoms with van der Waals surface area (Å²) in [5.74, 6) is 0. The number of carbonyl (C=O) groups excluding carboxylic acids is 1. The van der Waals surface area contributed by atoms with Gasteiger partial charge < -0.3 is 14.7 Å². The number of ether oxygens (including phenoxy) is 1. The molecule has 104 valence electrons. The number of amides is 1. The van der Waals surface area contributed by atoms with E-state index in [0.717, 1.165) is 19.3 Å². The van der Waals surface area contributed by atoms with Gasteiger partial charge in [0.25, 0.3) is 0 Å². The van der Waals surface area contributed by atoms with Crippen molar-refractivity contribution in [1.29, 1.82) is 0 Å². The minimum atomic E-state index is -0.790. The second-order valence-electron chi connectivity index (χ2n) is 7.34. The van der Waals surface area contributed by atoms with E-state index in [1.54, 1.807) is 4.90 Å². The molecule has 4 nitrogen and oxygen atoms in total. The van der Waals surface area contributed by atoms with Gasteiger partial charge in [-0.1, -0.05) is 6.92 Å². The lowest BCUT2D eigenvalue weighted by Gasteiger charge is -2.37. The van der Waals surface area contributed by atoms with E-state index in [0.29, 0.717) is 6.54 Å². The normalized spacial score (nSPS) is 39.9. The molecule has 2 aliphatic rings. The van der Waals surface area contributed by atoms with Gasteiger partial charge in [0.2, 0.25) is 0 Å². The Kier molecular flexibility index (Phi) is 2.93. The summed E-state index contributed by atoms with van der Waals surface area (Å²) in [6, 6.07) is -0.111. The van der Waals surface area contributed by atoms with E-state index in [4.69, 9.17) is 4.74 Å². The van der Waals surface area contributed by atoms with E-state index >= 15 is 0 Å². The van der Waals surface area contributed by atoms with Crippen molar-refractivity contribution in [2.24, 2.45) is 5.41 Å². The Morgan fingerprint density at radius 1 is 1.28 bits per heavy atom. The van der Waals surface area contributed by atoms with E-state index in [1.807, 2.05) is 27.7 Å². The zero-order valence-electron chi connectivity index (χ0n) is 12.1. The summed E-state index contributed by atoms with van der Waals surface area (Å²) in [6.45, 7) is 10.3. The Labute approximate surface area is 109 Å². The zero-order valence-corrected chi connectivity index (χ0v) is 12.1. The molecule has 1 saturated carbocycles. The Bertz CT molecular complexity index is 359. The van der Waals surface area contributed by atoms with Crippen molar-refractivity contribution < 1.29 is 14.6 Å². The van der Waals surface area contributed by atoms with Gasteiger partial charge in [0.05, 0.1) is 11.6 Å². The van der Waals surface area contributed by atoms with Crippen LogP contribution in [-0.2, 0) is 4.74 Å². The van der Waals surface area contributed by atoms with Crippen LogP contribution < -0.4 is 0 Å². The van der Waals surface area contributed by atoms with Crippen LogP contribution in [0.1, 0.15) is 53.9 Å². The van der Waals surface area contributed by atoms with Gasteiger partial charge in [-0.15, -0.1) is 0 Å². The van der Waals surface area contributed by atoms with Crippen LogP contribution in [0.25, 0.3) is 0 Å². The lowest BCUT2D eigenvalue weighted by atomic mass is 9.82. The molecule has 1 heterocycles. The third kappa shape index (κ3) is 2.22. The first-order valence-electron chi connectivity index (χ1n) is 6.77. The van der Waals surface area contributed by atoms with E-state index in [-0.39, 0.29) is 17.6 Å². The van der Waals surface area contributed by atoms with Crippen molar-refractivity contribution in [2.75, 3.05) is 6.54 Å². The number of rotatable bonds is 0. The molecule has 2 rings (SSSR count). The quantitative estimate of drug-likeness (QED) is 0.723. The largest absolute Gasteiger partial charge is 0.444 e. The molecule has 0 bridgehead atoms. The molecule has 18 heavy (non-hydrogen) atoms. The van der Waals surface area contributed by atoms with Crippen LogP contribution in [0.15, 0.2) is 0 Å². The van der Waals surface area contributed by atoms with Gasteiger partial charge in [-0.25, -0.2) is 4.79 Å². The van der Waals surface area contributed by atoms with E-state index < -0.39 is 11.2 Å². The highest BCUT2D eigenvalue weighted by Crippen LogP contribution is 2.53. The van der Waals surface area contributed by atoms with Crippen LogP contribution in [0.2, 0.25) is 0 Å². The summed E-state index contributed by atoms with van der Waals surface area (Å²) in [5.41, 5.74) is -1.23. The molecule has 0 radical (unpaired) electrons. The molecule has 0 aromatic rings. The molecule has 4 heteroatoms. The molecule has 1 unspecified atom stereocenters. The summed E-state index contributed by atoms with van der Waals surface area (Å²) in [4.78, 5) is 14.0. The number of likely N-dealkylation sites (tertiary alicyclic amines) is 1. The Morgan fingerprint density at radius 2 is 1.89 bits per heavy atom. The van der Waals surface area contributed by atoms with Crippen molar-refractivity contribution >= 4 is 6.09 Å². The molecule has 1 N–H and O–H groups in total. The summed E-state index contributed by atoms with van der Waals surface area (Å²) in [7, 11) is 0. The lowest BCUT2D eigenvalue weighted by Crippen LogP contribution is -2.52. The Morgan fingerprint density at radius 3 is 2.44 bits per heavy atom. The Balaban J connectivity index is 2.18. The fourth-order valence-corrected chi connectivity index (χ4v) is 3.56. The second kappa shape index (κ2) is 3.86. The average molecular weight is 255 g/mol. The minimum Gasteiger partial charge on any atom is -0.444 e. The summed E-state index contributed by atoms with van der Waals surface area (Å²) in [6.07, 6.45) is 2.39. The topological polar surface area (TPSA) is 49.8 Å². The first kappa shape index (κ1) is 13.7. The van der Waals surface area contributed by atoms with Crippen LogP contribution in [0.5, 0.6) is 0 Å². The number of nitrogens with zero attached hydrogens (tertiary/aromatic N) is 1. The molecule has 2 fully saturated rings. The van der Waals surface area contributed by atoms with Gasteiger partial charge in [-0.2, -0.15) is 0 Å². The number of hydrogen-bond donors (Lipinski definition) is 1. The maximum absolute atomic E-state index is 12.2. The molecule has 1 amide bonds. The van der Waals surface area contributed by atoms with E-state index in [9.17, 15) is 9.90 Å². The first-order chi connectivity index (χ1) is 8.05. The SMILES string of the molecule is CC(C)(C)OC(=O)N1CCC2(C)CC[C@](C)(O)[C@@H]12. The van der Waals surface area contributed by atoms with Crippen LogP contribution in [-0.4, -0.2) is 39.9 Å². The number of fused-ring (bicyclic) bond motifs is 1. The van der Waals surface area contributed by atoms with Crippen LogP contribution in [0.4, 0.5) is 4.79 Å². The predicted octanol–water partition coefficient (Wildman–Crippen LogP) is 2.55. The van der Waals surface area contributed by atoms with Crippen molar-refractivity contribution in [2.45, 2.75) is 71.1 Å². The van der Waals surface area contributed by atoms with Crippen molar-refractivity contribution in [3.05, 3.63) is 0 Å². The first-order valence-corrected chi connectivity index (χ1v) is 6.77. The molecular weight excluding hydrogens is 230 g/mol. The minimum absolute atomic E-state index is 0.0421. The summed E-state index contributed by atoms with van der Waals surface area (Å²) >= 11 is 0. The van der Waals surface area contributed by atoms with Gasteiger partial charge in [-0.05, 0) is 52.4 Å². The van der Waals surface area contributed by atoms with Crippen molar-refractivity contribution in [3.63, 3.8) is 0 Å². The van der Waals surface area contributed by atoms with Crippen LogP contribution in [0, 0.1) is 5.41 Å². The van der Waals surface area contributed by atoms with Gasteiger partial charge in [0.15, 0.2) is 0 Å². The van der Waals surface area contributed by atoms with Gasteiger partial charge in [0, 0.05) is 6.54 Å². The maximum Gasteiger partial charge on any atom is 0.410 e. The highest BCUT2D eigenvalue weighted by atomic mass is 16.6. The van der Waals surface area contributed by atoms with Crippen molar-refractivity contribution in [3.8, 4) is 0 Å². The molecule has 1 aliphatic carbocycles. The molecule has 1 saturated heterocycles. The maximum atomic E-state index is 12.2. The molecule has 0 aromatic carbocycles. The van der Waals surface area contributed by atoms with E-state index in [1.165, 1.54) is 0 Å². The number of aliphatic hydroxyl groups is 1. The fourth-order valence-electron chi connectivity index (χ4n) is 3.56. The summed E-state index contributed by atoms with van der Waals surface area (Å²) < 4.78 is 5.44. The number of hydrogen-bond acceptors (Lipinski definition) is 3. The zero-order chi connectivity index (χ0) is 13.8. The third-order valence-electron chi connectivity index (χ3n) is 4.31. The highest BCUT2D eigenvalue weighted by Gasteiger charge is 2.59. The fraction of sp³-hybridized carbons (Fsp3) is 0.929. The standard InChI is InChI=1S/C14H25NO3/c1-12(2,3)18-11(16)15-9-8-13(4)6-7-14(5,17)10(13)15/h10,17H,6-9H2,1-5H3/t10-,13?,14-/m0/s1.